The predicted octanol–water partition coefficient (Wildman–Crippen LogP) is -1.03. The standard InChI is InChI=1S/C8H14N2O3/c1-10(2)6(11)3-5-4-13-7(5)8(9)12/h5,7H,3-4H2,1-2H3,(H2,9,12). The molecule has 5 heteroatoms. The summed E-state index contributed by atoms with van der Waals surface area (Å²) in [5.74, 6) is -0.519. The lowest BCUT2D eigenvalue weighted by atomic mass is 9.93. The number of rotatable bonds is 3. The van der Waals surface area contributed by atoms with Crippen LogP contribution in [0.3, 0.4) is 0 Å². The fraction of sp³-hybridized carbons (Fsp3) is 0.750. The number of hydrogen-bond donors (Lipinski definition) is 1. The summed E-state index contributed by atoms with van der Waals surface area (Å²) in [6.45, 7) is 0.452. The summed E-state index contributed by atoms with van der Waals surface area (Å²) in [4.78, 5) is 23.4. The molecule has 5 nitrogen and oxygen atoms in total. The third-order valence-corrected chi connectivity index (χ3v) is 2.13. The first kappa shape index (κ1) is 9.98. The van der Waals surface area contributed by atoms with Crippen molar-refractivity contribution >= 4 is 11.8 Å². The van der Waals surface area contributed by atoms with Gasteiger partial charge in [-0.25, -0.2) is 0 Å². The van der Waals surface area contributed by atoms with Gasteiger partial charge >= 0.3 is 0 Å². The Morgan fingerprint density at radius 3 is 2.46 bits per heavy atom. The summed E-state index contributed by atoms with van der Waals surface area (Å²) in [7, 11) is 3.36. The number of primary amides is 1. The van der Waals surface area contributed by atoms with E-state index >= 15 is 0 Å². The second kappa shape index (κ2) is 3.74. The molecular weight excluding hydrogens is 172 g/mol. The molecule has 0 aromatic rings. The minimum Gasteiger partial charge on any atom is -0.368 e. The van der Waals surface area contributed by atoms with E-state index in [2.05, 4.69) is 0 Å². The first-order valence-corrected chi connectivity index (χ1v) is 4.13. The van der Waals surface area contributed by atoms with Gasteiger partial charge in [0.1, 0.15) is 6.10 Å². The zero-order valence-electron chi connectivity index (χ0n) is 7.82. The fourth-order valence-electron chi connectivity index (χ4n) is 1.22. The molecule has 0 aromatic carbocycles. The van der Waals surface area contributed by atoms with E-state index in [9.17, 15) is 9.59 Å². The van der Waals surface area contributed by atoms with Crippen LogP contribution in [0.1, 0.15) is 6.42 Å². The van der Waals surface area contributed by atoms with E-state index in [1.54, 1.807) is 14.1 Å². The van der Waals surface area contributed by atoms with Crippen molar-refractivity contribution in [2.45, 2.75) is 12.5 Å². The molecule has 1 saturated heterocycles. The zero-order chi connectivity index (χ0) is 10.0. The van der Waals surface area contributed by atoms with Crippen LogP contribution in [-0.4, -0.2) is 43.5 Å². The largest absolute Gasteiger partial charge is 0.368 e. The number of amides is 2. The van der Waals surface area contributed by atoms with Crippen molar-refractivity contribution in [3.63, 3.8) is 0 Å². The molecule has 2 amide bonds. The van der Waals surface area contributed by atoms with Gasteiger partial charge in [0.2, 0.25) is 11.8 Å². The van der Waals surface area contributed by atoms with Gasteiger partial charge in [-0.3, -0.25) is 9.59 Å². The maximum atomic E-state index is 11.2. The lowest BCUT2D eigenvalue weighted by molar-refractivity contribution is -0.161. The molecular formula is C8H14N2O3. The Kier molecular flexibility index (Phi) is 2.87. The van der Waals surface area contributed by atoms with E-state index in [-0.39, 0.29) is 11.8 Å². The minimum atomic E-state index is -0.566. The molecule has 0 radical (unpaired) electrons. The van der Waals surface area contributed by atoms with E-state index in [0.29, 0.717) is 13.0 Å². The van der Waals surface area contributed by atoms with Crippen molar-refractivity contribution in [1.82, 2.24) is 4.90 Å². The number of nitrogens with two attached hydrogens (primary N) is 1. The highest BCUT2D eigenvalue weighted by Gasteiger charge is 2.38. The Labute approximate surface area is 76.8 Å². The van der Waals surface area contributed by atoms with Gasteiger partial charge in [-0.2, -0.15) is 0 Å². The third-order valence-electron chi connectivity index (χ3n) is 2.13. The summed E-state index contributed by atoms with van der Waals surface area (Å²) >= 11 is 0. The number of nitrogens with zero attached hydrogens (tertiary/aromatic N) is 1. The van der Waals surface area contributed by atoms with Gasteiger partial charge in [-0.05, 0) is 0 Å². The smallest absolute Gasteiger partial charge is 0.246 e. The maximum Gasteiger partial charge on any atom is 0.246 e. The molecule has 2 unspecified atom stereocenters. The fourth-order valence-corrected chi connectivity index (χ4v) is 1.22. The van der Waals surface area contributed by atoms with Crippen LogP contribution in [0, 0.1) is 5.92 Å². The minimum absolute atomic E-state index is 0.000417. The van der Waals surface area contributed by atoms with Gasteiger partial charge < -0.3 is 15.4 Å². The molecule has 1 aliphatic rings. The maximum absolute atomic E-state index is 11.2. The molecule has 1 fully saturated rings. The highest BCUT2D eigenvalue weighted by Crippen LogP contribution is 2.23. The lowest BCUT2D eigenvalue weighted by Gasteiger charge is -2.34. The average molecular weight is 186 g/mol. The molecule has 1 heterocycles. The molecule has 1 aliphatic heterocycles. The third kappa shape index (κ3) is 2.18. The van der Waals surface area contributed by atoms with Crippen molar-refractivity contribution in [2.24, 2.45) is 11.7 Å². The number of carbonyl (C=O) groups excluding carboxylic acids is 2. The summed E-state index contributed by atoms with van der Waals surface area (Å²) in [6, 6.07) is 0. The molecule has 0 aliphatic carbocycles. The van der Waals surface area contributed by atoms with E-state index < -0.39 is 12.0 Å². The lowest BCUT2D eigenvalue weighted by Crippen LogP contribution is -2.50. The van der Waals surface area contributed by atoms with Crippen molar-refractivity contribution < 1.29 is 14.3 Å². The molecule has 13 heavy (non-hydrogen) atoms. The molecule has 74 valence electrons. The Morgan fingerprint density at radius 2 is 2.15 bits per heavy atom. The normalized spacial score (nSPS) is 26.3. The van der Waals surface area contributed by atoms with Crippen molar-refractivity contribution in [3.8, 4) is 0 Å². The van der Waals surface area contributed by atoms with Crippen LogP contribution in [0.25, 0.3) is 0 Å². The Bertz CT molecular complexity index is 227. The van der Waals surface area contributed by atoms with Crippen LogP contribution in [0.2, 0.25) is 0 Å². The first-order chi connectivity index (χ1) is 6.02. The summed E-state index contributed by atoms with van der Waals surface area (Å²) in [5.41, 5.74) is 5.05. The number of ether oxygens (including phenoxy) is 1. The first-order valence-electron chi connectivity index (χ1n) is 4.13. The number of carbonyl (C=O) groups is 2. The topological polar surface area (TPSA) is 72.6 Å². The highest BCUT2D eigenvalue weighted by molar-refractivity contribution is 5.82. The second-order valence-corrected chi connectivity index (χ2v) is 3.41. The SMILES string of the molecule is CN(C)C(=O)CC1COC1C(N)=O. The van der Waals surface area contributed by atoms with Crippen LogP contribution >= 0.6 is 0 Å². The molecule has 2 atom stereocenters. The van der Waals surface area contributed by atoms with Gasteiger partial charge in [0, 0.05) is 26.4 Å². The number of hydrogen-bond acceptors (Lipinski definition) is 3. The molecule has 2 N–H and O–H groups in total. The Balaban J connectivity index is 2.38. The van der Waals surface area contributed by atoms with Crippen LogP contribution in [0.15, 0.2) is 0 Å². The Morgan fingerprint density at radius 1 is 1.54 bits per heavy atom. The van der Waals surface area contributed by atoms with Gasteiger partial charge in [-0.1, -0.05) is 0 Å². The molecule has 0 saturated carbocycles. The zero-order valence-corrected chi connectivity index (χ0v) is 7.82. The van der Waals surface area contributed by atoms with Crippen LogP contribution < -0.4 is 5.73 Å². The van der Waals surface area contributed by atoms with Gasteiger partial charge in [0.25, 0.3) is 0 Å². The van der Waals surface area contributed by atoms with Gasteiger partial charge in [0.15, 0.2) is 0 Å². The highest BCUT2D eigenvalue weighted by atomic mass is 16.5. The second-order valence-electron chi connectivity index (χ2n) is 3.41. The summed E-state index contributed by atoms with van der Waals surface area (Å²) in [5, 5.41) is 0. The van der Waals surface area contributed by atoms with Crippen LogP contribution in [0.5, 0.6) is 0 Å². The summed E-state index contributed by atoms with van der Waals surface area (Å²) < 4.78 is 4.94. The van der Waals surface area contributed by atoms with Gasteiger partial charge in [-0.15, -0.1) is 0 Å². The van der Waals surface area contributed by atoms with Crippen molar-refractivity contribution in [2.75, 3.05) is 20.7 Å². The van der Waals surface area contributed by atoms with E-state index in [1.807, 2.05) is 0 Å². The van der Waals surface area contributed by atoms with Crippen molar-refractivity contribution in [3.05, 3.63) is 0 Å². The van der Waals surface area contributed by atoms with E-state index in [4.69, 9.17) is 10.5 Å². The molecule has 1 rings (SSSR count). The predicted molar refractivity (Wildman–Crippen MR) is 45.7 cm³/mol. The van der Waals surface area contributed by atoms with Crippen molar-refractivity contribution in [1.29, 1.82) is 0 Å². The van der Waals surface area contributed by atoms with Crippen LogP contribution in [-0.2, 0) is 14.3 Å². The van der Waals surface area contributed by atoms with E-state index in [1.165, 1.54) is 4.90 Å². The van der Waals surface area contributed by atoms with Crippen LogP contribution in [0.4, 0.5) is 0 Å². The van der Waals surface area contributed by atoms with E-state index in [0.717, 1.165) is 0 Å². The Hall–Kier alpha value is -1.10. The summed E-state index contributed by atoms with van der Waals surface area (Å²) in [6.07, 6.45) is -0.232. The van der Waals surface area contributed by atoms with Gasteiger partial charge in [0.05, 0.1) is 6.61 Å². The molecule has 0 aromatic heterocycles. The monoisotopic (exact) mass is 186 g/mol. The average Bonchev–Trinajstić information content (AvgIpc) is 1.95. The quantitative estimate of drug-likeness (QED) is 0.612. The molecule has 0 spiro atoms. The molecule has 0 bridgehead atoms.